The highest BCUT2D eigenvalue weighted by Crippen LogP contribution is 2.12. The van der Waals surface area contributed by atoms with Crippen molar-refractivity contribution in [1.82, 2.24) is 10.3 Å². The van der Waals surface area contributed by atoms with Crippen molar-refractivity contribution in [3.05, 3.63) is 50.4 Å². The van der Waals surface area contributed by atoms with Crippen LogP contribution >= 0.6 is 27.3 Å². The molecular formula is C13H13BrN2OS. The van der Waals surface area contributed by atoms with Crippen molar-refractivity contribution in [2.45, 2.75) is 19.9 Å². The van der Waals surface area contributed by atoms with E-state index in [1.54, 1.807) is 17.5 Å². The number of carbonyl (C=O) groups is 1. The normalized spacial score (nSPS) is 10.3. The van der Waals surface area contributed by atoms with Crippen LogP contribution in [0.2, 0.25) is 0 Å². The number of hydrogen-bond donors (Lipinski definition) is 1. The minimum Gasteiger partial charge on any atom is -0.351 e. The summed E-state index contributed by atoms with van der Waals surface area (Å²) in [5.41, 5.74) is 1.01. The van der Waals surface area contributed by atoms with E-state index >= 15 is 0 Å². The predicted molar refractivity (Wildman–Crippen MR) is 76.5 cm³/mol. The van der Waals surface area contributed by atoms with Gasteiger partial charge >= 0.3 is 0 Å². The van der Waals surface area contributed by atoms with Gasteiger partial charge in [0.25, 0.3) is 0 Å². The number of rotatable bonds is 4. The standard InChI is InChI=1S/C13H13BrN2OS/c1-9-15-7-12(18-9)8-16-13(17)6-10-2-4-11(14)5-3-10/h2-5,7H,6,8H2,1H3,(H,16,17). The molecule has 0 saturated heterocycles. The minimum atomic E-state index is 0.0309. The van der Waals surface area contributed by atoms with Crippen molar-refractivity contribution in [2.24, 2.45) is 0 Å². The van der Waals surface area contributed by atoms with Crippen LogP contribution in [0, 0.1) is 6.92 Å². The molecule has 94 valence electrons. The lowest BCUT2D eigenvalue weighted by Gasteiger charge is -2.03. The molecule has 0 aliphatic rings. The number of aromatic nitrogens is 1. The summed E-state index contributed by atoms with van der Waals surface area (Å²) in [6, 6.07) is 7.77. The van der Waals surface area contributed by atoms with Gasteiger partial charge in [-0.1, -0.05) is 28.1 Å². The predicted octanol–water partition coefficient (Wildman–Crippen LogP) is 3.07. The molecule has 1 N–H and O–H groups in total. The number of halogens is 1. The minimum absolute atomic E-state index is 0.0309. The molecular weight excluding hydrogens is 312 g/mol. The van der Waals surface area contributed by atoms with E-state index in [2.05, 4.69) is 26.2 Å². The maximum Gasteiger partial charge on any atom is 0.224 e. The van der Waals surface area contributed by atoms with Crippen molar-refractivity contribution in [3.63, 3.8) is 0 Å². The summed E-state index contributed by atoms with van der Waals surface area (Å²) in [4.78, 5) is 17.0. The fourth-order valence-electron chi connectivity index (χ4n) is 1.52. The van der Waals surface area contributed by atoms with Crippen LogP contribution < -0.4 is 5.32 Å². The lowest BCUT2D eigenvalue weighted by atomic mass is 10.1. The lowest BCUT2D eigenvalue weighted by Crippen LogP contribution is -2.24. The van der Waals surface area contributed by atoms with Gasteiger partial charge in [-0.15, -0.1) is 11.3 Å². The first-order valence-corrected chi connectivity index (χ1v) is 7.17. The number of amides is 1. The topological polar surface area (TPSA) is 42.0 Å². The van der Waals surface area contributed by atoms with E-state index < -0.39 is 0 Å². The van der Waals surface area contributed by atoms with E-state index in [1.165, 1.54) is 0 Å². The number of aryl methyl sites for hydroxylation is 1. The zero-order valence-corrected chi connectivity index (χ0v) is 12.3. The quantitative estimate of drug-likeness (QED) is 0.939. The van der Waals surface area contributed by atoms with Gasteiger partial charge in [-0.05, 0) is 24.6 Å². The first kappa shape index (κ1) is 13.2. The SMILES string of the molecule is Cc1ncc(CNC(=O)Cc2ccc(Br)cc2)s1. The second-order valence-electron chi connectivity index (χ2n) is 3.93. The van der Waals surface area contributed by atoms with Crippen molar-refractivity contribution in [1.29, 1.82) is 0 Å². The first-order chi connectivity index (χ1) is 8.63. The number of nitrogens with zero attached hydrogens (tertiary/aromatic N) is 1. The molecule has 0 unspecified atom stereocenters. The largest absolute Gasteiger partial charge is 0.351 e. The second kappa shape index (κ2) is 6.11. The van der Waals surface area contributed by atoms with Crippen LogP contribution in [0.5, 0.6) is 0 Å². The number of benzene rings is 1. The zero-order chi connectivity index (χ0) is 13.0. The number of carbonyl (C=O) groups excluding carboxylic acids is 1. The van der Waals surface area contributed by atoms with Gasteiger partial charge in [0.1, 0.15) is 0 Å². The Balaban J connectivity index is 1.83. The van der Waals surface area contributed by atoms with Crippen LogP contribution in [0.4, 0.5) is 0 Å². The Hall–Kier alpha value is -1.20. The molecule has 0 aliphatic carbocycles. The molecule has 0 fully saturated rings. The van der Waals surface area contributed by atoms with Gasteiger partial charge < -0.3 is 5.32 Å². The Bertz CT molecular complexity index is 536. The third-order valence-electron chi connectivity index (χ3n) is 2.41. The lowest BCUT2D eigenvalue weighted by molar-refractivity contribution is -0.120. The molecule has 0 aliphatic heterocycles. The van der Waals surface area contributed by atoms with E-state index in [9.17, 15) is 4.79 Å². The van der Waals surface area contributed by atoms with Crippen LogP contribution in [-0.4, -0.2) is 10.9 Å². The molecule has 2 aromatic rings. The smallest absolute Gasteiger partial charge is 0.224 e. The molecule has 0 bridgehead atoms. The maximum atomic E-state index is 11.7. The van der Waals surface area contributed by atoms with Gasteiger partial charge in [0.2, 0.25) is 5.91 Å². The summed E-state index contributed by atoms with van der Waals surface area (Å²) < 4.78 is 1.02. The van der Waals surface area contributed by atoms with E-state index in [1.807, 2.05) is 31.2 Å². The van der Waals surface area contributed by atoms with Crippen LogP contribution in [0.3, 0.4) is 0 Å². The van der Waals surface area contributed by atoms with Crippen LogP contribution in [0.15, 0.2) is 34.9 Å². The zero-order valence-electron chi connectivity index (χ0n) is 9.94. The average Bonchev–Trinajstić information content (AvgIpc) is 2.76. The summed E-state index contributed by atoms with van der Waals surface area (Å²) in [6.45, 7) is 2.51. The number of nitrogens with one attached hydrogen (secondary N) is 1. The van der Waals surface area contributed by atoms with Gasteiger partial charge in [0.05, 0.1) is 18.0 Å². The molecule has 2 rings (SSSR count). The highest BCUT2D eigenvalue weighted by Gasteiger charge is 2.04. The number of thiazole rings is 1. The molecule has 0 saturated carbocycles. The maximum absolute atomic E-state index is 11.7. The van der Waals surface area contributed by atoms with Crippen molar-refractivity contribution in [2.75, 3.05) is 0 Å². The van der Waals surface area contributed by atoms with E-state index in [0.717, 1.165) is 19.9 Å². The monoisotopic (exact) mass is 324 g/mol. The Morgan fingerprint density at radius 3 is 2.72 bits per heavy atom. The molecule has 3 nitrogen and oxygen atoms in total. The molecule has 0 radical (unpaired) electrons. The Morgan fingerprint density at radius 1 is 1.39 bits per heavy atom. The van der Waals surface area contributed by atoms with Crippen molar-refractivity contribution >= 4 is 33.2 Å². The number of hydrogen-bond acceptors (Lipinski definition) is 3. The Kier molecular flexibility index (Phi) is 4.49. The van der Waals surface area contributed by atoms with Gasteiger partial charge in [0, 0.05) is 15.5 Å². The van der Waals surface area contributed by atoms with Gasteiger partial charge in [-0.2, -0.15) is 0 Å². The van der Waals surface area contributed by atoms with E-state index in [4.69, 9.17) is 0 Å². The molecule has 0 spiro atoms. The summed E-state index contributed by atoms with van der Waals surface area (Å²) in [5.74, 6) is 0.0309. The van der Waals surface area contributed by atoms with E-state index in [0.29, 0.717) is 13.0 Å². The molecule has 1 heterocycles. The molecule has 1 amide bonds. The molecule has 5 heteroatoms. The molecule has 0 atom stereocenters. The van der Waals surface area contributed by atoms with Gasteiger partial charge in [-0.25, -0.2) is 4.98 Å². The average molecular weight is 325 g/mol. The summed E-state index contributed by atoms with van der Waals surface area (Å²) in [7, 11) is 0. The van der Waals surface area contributed by atoms with Gasteiger partial charge in [0.15, 0.2) is 0 Å². The third kappa shape index (κ3) is 3.92. The van der Waals surface area contributed by atoms with Gasteiger partial charge in [-0.3, -0.25) is 4.79 Å². The fourth-order valence-corrected chi connectivity index (χ4v) is 2.52. The fraction of sp³-hybridized carbons (Fsp3) is 0.231. The summed E-state index contributed by atoms with van der Waals surface area (Å²) in [5, 5.41) is 3.92. The van der Waals surface area contributed by atoms with Crippen LogP contribution in [-0.2, 0) is 17.8 Å². The van der Waals surface area contributed by atoms with E-state index in [-0.39, 0.29) is 5.91 Å². The van der Waals surface area contributed by atoms with Crippen LogP contribution in [0.1, 0.15) is 15.4 Å². The highest BCUT2D eigenvalue weighted by molar-refractivity contribution is 9.10. The van der Waals surface area contributed by atoms with Crippen molar-refractivity contribution in [3.8, 4) is 0 Å². The highest BCUT2D eigenvalue weighted by atomic mass is 79.9. The molecule has 18 heavy (non-hydrogen) atoms. The van der Waals surface area contributed by atoms with Crippen molar-refractivity contribution < 1.29 is 4.79 Å². The second-order valence-corrected chi connectivity index (χ2v) is 6.16. The first-order valence-electron chi connectivity index (χ1n) is 5.56. The third-order valence-corrected chi connectivity index (χ3v) is 3.85. The molecule has 1 aromatic heterocycles. The molecule has 1 aromatic carbocycles. The Morgan fingerprint density at radius 2 is 2.11 bits per heavy atom. The van der Waals surface area contributed by atoms with Crippen LogP contribution in [0.25, 0.3) is 0 Å². The Labute approximate surface area is 118 Å². The summed E-state index contributed by atoms with van der Waals surface area (Å²) >= 11 is 4.98. The summed E-state index contributed by atoms with van der Waals surface area (Å²) in [6.07, 6.45) is 2.21.